The lowest BCUT2D eigenvalue weighted by molar-refractivity contribution is 0.211. The Kier molecular flexibility index (Phi) is 12.1. The first-order valence-electron chi connectivity index (χ1n) is 9.10. The Morgan fingerprint density at radius 1 is 1.19 bits per heavy atom. The summed E-state index contributed by atoms with van der Waals surface area (Å²) in [5.74, 6) is 1.33. The molecule has 0 aliphatic rings. The number of anilines is 1. The summed E-state index contributed by atoms with van der Waals surface area (Å²) in [4.78, 5) is 6.09. The van der Waals surface area contributed by atoms with Crippen LogP contribution in [0.25, 0.3) is 0 Å². The van der Waals surface area contributed by atoms with E-state index >= 15 is 0 Å². The van der Waals surface area contributed by atoms with E-state index in [4.69, 9.17) is 9.73 Å². The number of rotatable bonds is 10. The average Bonchev–Trinajstić information content (AvgIpc) is 3.20. The molecule has 1 aromatic carbocycles. The molecule has 0 aliphatic carbocycles. The van der Waals surface area contributed by atoms with Crippen LogP contribution in [-0.4, -0.2) is 39.3 Å². The monoisotopic (exact) mass is 502 g/mol. The van der Waals surface area contributed by atoms with Gasteiger partial charge in [-0.1, -0.05) is 25.1 Å². The minimum Gasteiger partial charge on any atom is -0.383 e. The largest absolute Gasteiger partial charge is 0.383 e. The molecule has 0 saturated carbocycles. The summed E-state index contributed by atoms with van der Waals surface area (Å²) in [7, 11) is 1.71. The third-order valence-electron chi connectivity index (χ3n) is 3.96. The molecule has 3 N–H and O–H groups in total. The molecule has 0 spiro atoms. The molecule has 2 aromatic rings. The number of ether oxygens (including phenoxy) is 1. The summed E-state index contributed by atoms with van der Waals surface area (Å²) in [6.45, 7) is 8.20. The highest BCUT2D eigenvalue weighted by molar-refractivity contribution is 14.0. The molecule has 1 unspecified atom stereocenters. The molecule has 1 aromatic heterocycles. The van der Waals surface area contributed by atoms with Gasteiger partial charge in [0.1, 0.15) is 0 Å². The standard InChI is InChI=1S/C20H30N4OS.HI/c1-4-21-20(23-14-16(2)19-6-5-13-26-19)24-15-17-7-9-18(10-8-17)22-11-12-25-3;/h5-10,13,16,22H,4,11-12,14-15H2,1-3H3,(H2,21,23,24);1H. The Labute approximate surface area is 184 Å². The smallest absolute Gasteiger partial charge is 0.191 e. The van der Waals surface area contributed by atoms with Crippen molar-refractivity contribution in [1.29, 1.82) is 0 Å². The van der Waals surface area contributed by atoms with E-state index in [0.29, 0.717) is 19.1 Å². The van der Waals surface area contributed by atoms with Crippen LogP contribution in [0, 0.1) is 0 Å². The molecule has 1 atom stereocenters. The van der Waals surface area contributed by atoms with Crippen molar-refractivity contribution in [3.05, 3.63) is 52.2 Å². The molecular formula is C20H31IN4OS. The van der Waals surface area contributed by atoms with Gasteiger partial charge in [-0.15, -0.1) is 35.3 Å². The van der Waals surface area contributed by atoms with E-state index in [1.807, 2.05) is 0 Å². The minimum atomic E-state index is 0. The van der Waals surface area contributed by atoms with Crippen LogP contribution in [-0.2, 0) is 11.3 Å². The Bertz CT molecular complexity index is 647. The minimum absolute atomic E-state index is 0. The van der Waals surface area contributed by atoms with Crippen LogP contribution in [0.5, 0.6) is 0 Å². The van der Waals surface area contributed by atoms with Gasteiger partial charge in [-0.2, -0.15) is 0 Å². The molecule has 0 amide bonds. The van der Waals surface area contributed by atoms with Gasteiger partial charge in [0.2, 0.25) is 0 Å². The highest BCUT2D eigenvalue weighted by Gasteiger charge is 2.07. The van der Waals surface area contributed by atoms with Crippen LogP contribution in [0.15, 0.2) is 46.8 Å². The Morgan fingerprint density at radius 3 is 2.59 bits per heavy atom. The number of halogens is 1. The fraction of sp³-hybridized carbons (Fsp3) is 0.450. The van der Waals surface area contributed by atoms with Gasteiger partial charge in [-0.05, 0) is 36.1 Å². The third-order valence-corrected chi connectivity index (χ3v) is 5.06. The van der Waals surface area contributed by atoms with Crippen molar-refractivity contribution >= 4 is 47.0 Å². The quantitative estimate of drug-likeness (QED) is 0.197. The summed E-state index contributed by atoms with van der Waals surface area (Å²) >= 11 is 1.80. The fourth-order valence-electron chi connectivity index (χ4n) is 2.46. The van der Waals surface area contributed by atoms with Crippen molar-refractivity contribution in [3.63, 3.8) is 0 Å². The fourth-order valence-corrected chi connectivity index (χ4v) is 3.25. The summed E-state index contributed by atoms with van der Waals surface area (Å²) in [5, 5.41) is 12.2. The number of guanidine groups is 1. The number of nitrogens with zero attached hydrogens (tertiary/aromatic N) is 1. The van der Waals surface area contributed by atoms with E-state index < -0.39 is 0 Å². The van der Waals surface area contributed by atoms with Crippen LogP contribution in [0.3, 0.4) is 0 Å². The highest BCUT2D eigenvalue weighted by atomic mass is 127. The molecule has 0 fully saturated rings. The maximum Gasteiger partial charge on any atom is 0.191 e. The van der Waals surface area contributed by atoms with Gasteiger partial charge in [-0.25, -0.2) is 4.99 Å². The lowest BCUT2D eigenvalue weighted by atomic mass is 10.1. The third kappa shape index (κ3) is 8.94. The molecule has 0 aliphatic heterocycles. The zero-order valence-corrected chi connectivity index (χ0v) is 19.5. The molecule has 0 radical (unpaired) electrons. The second-order valence-electron chi connectivity index (χ2n) is 6.11. The van der Waals surface area contributed by atoms with E-state index in [1.165, 1.54) is 10.4 Å². The average molecular weight is 502 g/mol. The van der Waals surface area contributed by atoms with Gasteiger partial charge < -0.3 is 20.7 Å². The van der Waals surface area contributed by atoms with E-state index in [1.54, 1.807) is 18.4 Å². The van der Waals surface area contributed by atoms with Gasteiger partial charge in [0.05, 0.1) is 13.2 Å². The van der Waals surface area contributed by atoms with Crippen molar-refractivity contribution < 1.29 is 4.74 Å². The van der Waals surface area contributed by atoms with Crippen molar-refractivity contribution in [1.82, 2.24) is 10.6 Å². The molecular weight excluding hydrogens is 471 g/mol. The Morgan fingerprint density at radius 2 is 1.96 bits per heavy atom. The van der Waals surface area contributed by atoms with Crippen molar-refractivity contribution in [3.8, 4) is 0 Å². The van der Waals surface area contributed by atoms with Crippen LogP contribution in [0.2, 0.25) is 0 Å². The van der Waals surface area contributed by atoms with E-state index in [0.717, 1.165) is 31.3 Å². The number of nitrogens with one attached hydrogen (secondary N) is 3. The second kappa shape index (κ2) is 13.8. The molecule has 7 heteroatoms. The molecule has 150 valence electrons. The SMILES string of the molecule is CCNC(=NCc1ccc(NCCOC)cc1)NCC(C)c1cccs1.I. The van der Waals surface area contributed by atoms with Crippen LogP contribution < -0.4 is 16.0 Å². The zero-order chi connectivity index (χ0) is 18.6. The molecule has 5 nitrogen and oxygen atoms in total. The molecule has 0 bridgehead atoms. The number of benzene rings is 1. The number of aliphatic imine (C=N–C) groups is 1. The van der Waals surface area contributed by atoms with Crippen molar-refractivity contribution in [2.75, 3.05) is 38.7 Å². The highest BCUT2D eigenvalue weighted by Crippen LogP contribution is 2.19. The Balaban J connectivity index is 0.00000364. The summed E-state index contributed by atoms with van der Waals surface area (Å²) in [5.41, 5.74) is 2.29. The van der Waals surface area contributed by atoms with Crippen LogP contribution in [0.1, 0.15) is 30.2 Å². The first kappa shape index (κ1) is 23.7. The molecule has 0 saturated heterocycles. The number of hydrogen-bond acceptors (Lipinski definition) is 4. The van der Waals surface area contributed by atoms with Crippen LogP contribution in [0.4, 0.5) is 5.69 Å². The number of hydrogen-bond donors (Lipinski definition) is 3. The van der Waals surface area contributed by atoms with Gasteiger partial charge in [0.25, 0.3) is 0 Å². The second-order valence-corrected chi connectivity index (χ2v) is 7.09. The lowest BCUT2D eigenvalue weighted by Crippen LogP contribution is -2.39. The van der Waals surface area contributed by atoms with Crippen molar-refractivity contribution in [2.45, 2.75) is 26.3 Å². The Hall–Kier alpha value is -1.32. The molecule has 27 heavy (non-hydrogen) atoms. The van der Waals surface area contributed by atoms with E-state index in [9.17, 15) is 0 Å². The predicted molar refractivity (Wildman–Crippen MR) is 128 cm³/mol. The topological polar surface area (TPSA) is 57.7 Å². The first-order valence-corrected chi connectivity index (χ1v) is 9.98. The molecule has 2 rings (SSSR count). The van der Waals surface area contributed by atoms with Gasteiger partial charge >= 0.3 is 0 Å². The van der Waals surface area contributed by atoms with E-state index in [-0.39, 0.29) is 24.0 Å². The number of thiophene rings is 1. The maximum absolute atomic E-state index is 5.04. The summed E-state index contributed by atoms with van der Waals surface area (Å²) in [6.07, 6.45) is 0. The normalized spacial score (nSPS) is 12.2. The predicted octanol–water partition coefficient (Wildman–Crippen LogP) is 4.28. The number of methoxy groups -OCH3 is 1. The lowest BCUT2D eigenvalue weighted by Gasteiger charge is -2.15. The summed E-state index contributed by atoms with van der Waals surface area (Å²) in [6, 6.07) is 12.7. The van der Waals surface area contributed by atoms with E-state index in [2.05, 4.69) is 71.6 Å². The van der Waals surface area contributed by atoms with Gasteiger partial charge in [0.15, 0.2) is 5.96 Å². The van der Waals surface area contributed by atoms with Crippen molar-refractivity contribution in [2.24, 2.45) is 4.99 Å². The zero-order valence-electron chi connectivity index (χ0n) is 16.3. The van der Waals surface area contributed by atoms with Crippen LogP contribution >= 0.6 is 35.3 Å². The molecule has 1 heterocycles. The first-order chi connectivity index (χ1) is 12.7. The van der Waals surface area contributed by atoms with Gasteiger partial charge in [0, 0.05) is 43.2 Å². The summed E-state index contributed by atoms with van der Waals surface area (Å²) < 4.78 is 5.04. The van der Waals surface area contributed by atoms with Gasteiger partial charge in [-0.3, -0.25) is 0 Å². The maximum atomic E-state index is 5.04.